The third-order valence-corrected chi connectivity index (χ3v) is 0.553. The molecule has 0 unspecified atom stereocenters. The fraction of sp³-hybridized carbons (Fsp3) is 0.750. The Kier molecular flexibility index (Phi) is 9.06. The molecule has 0 aliphatic carbocycles. The molecule has 0 aromatic carbocycles. The molecule has 0 saturated carbocycles. The summed E-state index contributed by atoms with van der Waals surface area (Å²) in [6.45, 7) is 6.50. The van der Waals surface area contributed by atoms with E-state index < -0.39 is 11.9 Å². The molecule has 0 aliphatic heterocycles. The van der Waals surface area contributed by atoms with Gasteiger partial charge in [0.1, 0.15) is 0 Å². The van der Waals surface area contributed by atoms with Gasteiger partial charge in [0.2, 0.25) is 0 Å². The highest BCUT2D eigenvalue weighted by atomic mass is 16.4. The average Bonchev–Trinajstić information content (AvgIpc) is 1.82. The van der Waals surface area contributed by atoms with Crippen molar-refractivity contribution in [3.8, 4) is 0 Å². The summed E-state index contributed by atoms with van der Waals surface area (Å²) in [5.74, 6) is -1.32. The smallest absolute Gasteiger partial charge is 0.303 e. The molecule has 0 bridgehead atoms. The van der Waals surface area contributed by atoms with Crippen LogP contribution in [0.4, 0.5) is 0 Å². The van der Waals surface area contributed by atoms with E-state index in [2.05, 4.69) is 20.8 Å². The summed E-state index contributed by atoms with van der Waals surface area (Å²) in [6, 6.07) is 0. The Balaban J connectivity index is 0. The molecular formula is C8H16O4. The van der Waals surface area contributed by atoms with E-state index in [0.717, 1.165) is 5.92 Å². The molecule has 4 heteroatoms. The van der Waals surface area contributed by atoms with Gasteiger partial charge in [0, 0.05) is 0 Å². The third-order valence-electron chi connectivity index (χ3n) is 0.553. The molecule has 12 heavy (non-hydrogen) atoms. The number of carbonyl (C=O) groups is 2. The first-order valence-electron chi connectivity index (χ1n) is 3.79. The maximum absolute atomic E-state index is 9.64. The standard InChI is InChI=1S/C4H6O4.C4H10/c5-3(6)1-2-4(7)8;1-4(2)3/h1-2H2,(H,5,6)(H,7,8);4H,1-3H3. The van der Waals surface area contributed by atoms with Crippen molar-refractivity contribution < 1.29 is 19.8 Å². The second kappa shape index (κ2) is 8.04. The predicted molar refractivity (Wildman–Crippen MR) is 45.0 cm³/mol. The van der Waals surface area contributed by atoms with Gasteiger partial charge < -0.3 is 10.2 Å². The van der Waals surface area contributed by atoms with E-state index in [1.807, 2.05) is 0 Å². The molecule has 0 aromatic heterocycles. The lowest BCUT2D eigenvalue weighted by atomic mass is 10.3. The first-order chi connectivity index (χ1) is 5.36. The van der Waals surface area contributed by atoms with Crippen molar-refractivity contribution in [1.29, 1.82) is 0 Å². The highest BCUT2D eigenvalue weighted by Gasteiger charge is 2.00. The van der Waals surface area contributed by atoms with Crippen LogP contribution >= 0.6 is 0 Å². The molecule has 4 nitrogen and oxygen atoms in total. The number of carboxylic acids is 2. The zero-order valence-corrected chi connectivity index (χ0v) is 7.70. The Hall–Kier alpha value is -1.06. The summed E-state index contributed by atoms with van der Waals surface area (Å²) in [7, 11) is 0. The summed E-state index contributed by atoms with van der Waals surface area (Å²) in [4.78, 5) is 19.3. The van der Waals surface area contributed by atoms with Crippen molar-refractivity contribution in [3.05, 3.63) is 0 Å². The lowest BCUT2D eigenvalue weighted by molar-refractivity contribution is -0.143. The molecule has 0 heterocycles. The van der Waals surface area contributed by atoms with Gasteiger partial charge in [0.15, 0.2) is 0 Å². The minimum atomic E-state index is -1.08. The van der Waals surface area contributed by atoms with E-state index in [4.69, 9.17) is 10.2 Å². The van der Waals surface area contributed by atoms with E-state index in [-0.39, 0.29) is 12.8 Å². The highest BCUT2D eigenvalue weighted by Crippen LogP contribution is 1.86. The Labute approximate surface area is 72.2 Å². The van der Waals surface area contributed by atoms with E-state index >= 15 is 0 Å². The van der Waals surface area contributed by atoms with Crippen LogP contribution in [0.5, 0.6) is 0 Å². The van der Waals surface area contributed by atoms with Crippen molar-refractivity contribution in [2.24, 2.45) is 5.92 Å². The molecule has 0 radical (unpaired) electrons. The Morgan fingerprint density at radius 3 is 1.25 bits per heavy atom. The number of aliphatic carboxylic acids is 2. The second-order valence-corrected chi connectivity index (χ2v) is 3.02. The van der Waals surface area contributed by atoms with Crippen LogP contribution in [0.15, 0.2) is 0 Å². The molecule has 0 spiro atoms. The van der Waals surface area contributed by atoms with Crippen LogP contribution in [0.1, 0.15) is 33.6 Å². The normalized spacial score (nSPS) is 8.67. The van der Waals surface area contributed by atoms with Crippen LogP contribution in [0.2, 0.25) is 0 Å². The van der Waals surface area contributed by atoms with Crippen molar-refractivity contribution in [2.45, 2.75) is 33.6 Å². The van der Waals surface area contributed by atoms with Crippen LogP contribution in [-0.2, 0) is 9.59 Å². The van der Waals surface area contributed by atoms with Gasteiger partial charge in [0.05, 0.1) is 12.8 Å². The lowest BCUT2D eigenvalue weighted by Gasteiger charge is -1.85. The van der Waals surface area contributed by atoms with Gasteiger partial charge >= 0.3 is 11.9 Å². The van der Waals surface area contributed by atoms with E-state index in [9.17, 15) is 9.59 Å². The third kappa shape index (κ3) is 36.3. The Morgan fingerprint density at radius 2 is 1.17 bits per heavy atom. The first kappa shape index (κ1) is 13.5. The summed E-state index contributed by atoms with van der Waals surface area (Å²) in [5, 5.41) is 15.8. The van der Waals surface area contributed by atoms with Gasteiger partial charge in [-0.15, -0.1) is 0 Å². The lowest BCUT2D eigenvalue weighted by Crippen LogP contribution is -2.00. The number of hydrogen-bond acceptors (Lipinski definition) is 2. The molecule has 72 valence electrons. The fourth-order valence-electron chi connectivity index (χ4n) is 0.214. The zero-order valence-electron chi connectivity index (χ0n) is 7.70. The maximum atomic E-state index is 9.64. The predicted octanol–water partition coefficient (Wildman–Crippen LogP) is 1.60. The minimum absolute atomic E-state index is 0.296. The SMILES string of the molecule is CC(C)C.O=C(O)CCC(=O)O. The van der Waals surface area contributed by atoms with E-state index in [1.165, 1.54) is 0 Å². The fourth-order valence-corrected chi connectivity index (χ4v) is 0.214. The van der Waals surface area contributed by atoms with Gasteiger partial charge in [-0.3, -0.25) is 9.59 Å². The monoisotopic (exact) mass is 176 g/mol. The van der Waals surface area contributed by atoms with Gasteiger partial charge in [-0.2, -0.15) is 0 Å². The van der Waals surface area contributed by atoms with Crippen LogP contribution < -0.4 is 0 Å². The van der Waals surface area contributed by atoms with Gasteiger partial charge in [-0.25, -0.2) is 0 Å². The number of carboxylic acid groups (broad SMARTS) is 2. The molecule has 2 N–H and O–H groups in total. The molecule has 0 rings (SSSR count). The minimum Gasteiger partial charge on any atom is -0.481 e. The van der Waals surface area contributed by atoms with Crippen LogP contribution in [0.3, 0.4) is 0 Å². The summed E-state index contributed by atoms with van der Waals surface area (Å²) >= 11 is 0. The van der Waals surface area contributed by atoms with Crippen LogP contribution in [0.25, 0.3) is 0 Å². The molecule has 0 fully saturated rings. The van der Waals surface area contributed by atoms with Crippen molar-refractivity contribution in [1.82, 2.24) is 0 Å². The molecular weight excluding hydrogens is 160 g/mol. The molecule has 0 amide bonds. The Bertz CT molecular complexity index is 123. The number of hydrogen-bond donors (Lipinski definition) is 2. The summed E-state index contributed by atoms with van der Waals surface area (Å²) in [5.41, 5.74) is 0. The second-order valence-electron chi connectivity index (χ2n) is 3.02. The average molecular weight is 176 g/mol. The quantitative estimate of drug-likeness (QED) is 0.684. The van der Waals surface area contributed by atoms with E-state index in [1.54, 1.807) is 0 Å². The van der Waals surface area contributed by atoms with Crippen molar-refractivity contribution in [2.75, 3.05) is 0 Å². The first-order valence-corrected chi connectivity index (χ1v) is 3.79. The van der Waals surface area contributed by atoms with Gasteiger partial charge in [0.25, 0.3) is 0 Å². The Morgan fingerprint density at radius 1 is 1.00 bits per heavy atom. The van der Waals surface area contributed by atoms with Crippen molar-refractivity contribution in [3.63, 3.8) is 0 Å². The topological polar surface area (TPSA) is 74.6 Å². The summed E-state index contributed by atoms with van der Waals surface area (Å²) in [6.07, 6.45) is -0.593. The highest BCUT2D eigenvalue weighted by molar-refractivity contribution is 5.75. The van der Waals surface area contributed by atoms with Gasteiger partial charge in [-0.1, -0.05) is 20.8 Å². The van der Waals surface area contributed by atoms with E-state index in [0.29, 0.717) is 0 Å². The van der Waals surface area contributed by atoms with Crippen molar-refractivity contribution >= 4 is 11.9 Å². The zero-order chi connectivity index (χ0) is 10.1. The number of rotatable bonds is 3. The van der Waals surface area contributed by atoms with Crippen LogP contribution in [0, 0.1) is 5.92 Å². The molecule has 0 aromatic rings. The summed E-state index contributed by atoms with van der Waals surface area (Å²) < 4.78 is 0. The largest absolute Gasteiger partial charge is 0.481 e. The van der Waals surface area contributed by atoms with Crippen LogP contribution in [-0.4, -0.2) is 22.2 Å². The molecule has 0 atom stereocenters. The maximum Gasteiger partial charge on any atom is 0.303 e. The van der Waals surface area contributed by atoms with Gasteiger partial charge in [-0.05, 0) is 5.92 Å². The molecule has 0 aliphatic rings. The molecule has 0 saturated heterocycles.